The number of aromatic nitrogens is 3. The van der Waals surface area contributed by atoms with Gasteiger partial charge >= 0.3 is 23.7 Å². The highest BCUT2D eigenvalue weighted by molar-refractivity contribution is 6.30. The summed E-state index contributed by atoms with van der Waals surface area (Å²) in [6.07, 6.45) is -0.0287. The third kappa shape index (κ3) is 9.75. The normalized spacial score (nSPS) is 14.6. The zero-order chi connectivity index (χ0) is 34.9. The Kier molecular flexibility index (Phi) is 11.8. The lowest BCUT2D eigenvalue weighted by molar-refractivity contribution is -0.179. The van der Waals surface area contributed by atoms with E-state index in [0.717, 1.165) is 36.8 Å². The van der Waals surface area contributed by atoms with Crippen molar-refractivity contribution in [1.29, 1.82) is 0 Å². The van der Waals surface area contributed by atoms with E-state index in [4.69, 9.17) is 25.8 Å². The molecule has 0 radical (unpaired) electrons. The second-order valence-electron chi connectivity index (χ2n) is 11.4. The van der Waals surface area contributed by atoms with Crippen molar-refractivity contribution in [3.63, 3.8) is 0 Å². The summed E-state index contributed by atoms with van der Waals surface area (Å²) in [5.74, 6) is -2.77. The van der Waals surface area contributed by atoms with Gasteiger partial charge in [0.05, 0.1) is 12.2 Å². The smallest absolute Gasteiger partial charge is 0.431 e. The molecule has 1 fully saturated rings. The zero-order valence-electron chi connectivity index (χ0n) is 26.5. The molecule has 1 aliphatic carbocycles. The van der Waals surface area contributed by atoms with Gasteiger partial charge in [-0.2, -0.15) is 4.68 Å². The minimum atomic E-state index is -1.82. The van der Waals surface area contributed by atoms with Gasteiger partial charge in [-0.1, -0.05) is 60.5 Å². The highest BCUT2D eigenvalue weighted by Gasteiger charge is 2.27. The predicted octanol–water partition coefficient (Wildman–Crippen LogP) is 4.90. The number of halogens is 2. The number of amides is 1. The summed E-state index contributed by atoms with van der Waals surface area (Å²) in [4.78, 5) is 53.1. The summed E-state index contributed by atoms with van der Waals surface area (Å²) >= 11 is 6.05. The van der Waals surface area contributed by atoms with Crippen molar-refractivity contribution < 1.29 is 38.1 Å². The van der Waals surface area contributed by atoms with Crippen molar-refractivity contribution in [2.45, 2.75) is 64.1 Å². The molecular weight excluding hydrogens is 661 g/mol. The van der Waals surface area contributed by atoms with Gasteiger partial charge < -0.3 is 19.3 Å². The van der Waals surface area contributed by atoms with Gasteiger partial charge in [0.25, 0.3) is 0 Å². The van der Waals surface area contributed by atoms with Gasteiger partial charge in [-0.05, 0) is 67.1 Å². The lowest BCUT2D eigenvalue weighted by atomic mass is 9.98. The van der Waals surface area contributed by atoms with Crippen LogP contribution in [0.1, 0.15) is 55.2 Å². The quantitative estimate of drug-likeness (QED) is 0.105. The molecule has 49 heavy (non-hydrogen) atoms. The fourth-order valence-electron chi connectivity index (χ4n) is 5.28. The molecule has 258 valence electrons. The molecule has 4 aromatic rings. The summed E-state index contributed by atoms with van der Waals surface area (Å²) in [6, 6.07) is 19.3. The molecule has 0 spiro atoms. The molecule has 5 rings (SSSR count). The minimum absolute atomic E-state index is 0.0578. The van der Waals surface area contributed by atoms with Gasteiger partial charge in [0.2, 0.25) is 12.1 Å². The van der Waals surface area contributed by atoms with Crippen molar-refractivity contribution in [3.05, 3.63) is 106 Å². The Bertz CT molecular complexity index is 1810. The number of aliphatic hydroxyl groups is 1. The molecule has 0 aliphatic heterocycles. The Morgan fingerprint density at radius 1 is 1.06 bits per heavy atom. The van der Waals surface area contributed by atoms with E-state index in [1.54, 1.807) is 54.6 Å². The molecular formula is C34H35ClFN5O8. The Balaban J connectivity index is 1.27. The van der Waals surface area contributed by atoms with Crippen LogP contribution in [0.4, 0.5) is 9.18 Å². The monoisotopic (exact) mass is 695 g/mol. The average molecular weight is 696 g/mol. The topological polar surface area (TPSA) is 165 Å². The molecule has 1 saturated carbocycles. The fraction of sp³-hybridized carbons (Fsp3) is 0.324. The third-order valence-electron chi connectivity index (χ3n) is 7.68. The minimum Gasteiger partial charge on any atom is -0.431 e. The zero-order valence-corrected chi connectivity index (χ0v) is 27.3. The van der Waals surface area contributed by atoms with Crippen molar-refractivity contribution in [3.8, 4) is 16.8 Å². The molecule has 1 aliphatic rings. The molecule has 3 N–H and O–H groups in total. The Hall–Kier alpha value is -5.05. The van der Waals surface area contributed by atoms with E-state index >= 15 is 0 Å². The summed E-state index contributed by atoms with van der Waals surface area (Å²) in [6.45, 7) is 0.756. The number of carbonyl (C=O) groups is 3. The van der Waals surface area contributed by atoms with Crippen LogP contribution in [-0.4, -0.2) is 68.0 Å². The van der Waals surface area contributed by atoms with E-state index in [9.17, 15) is 28.7 Å². The van der Waals surface area contributed by atoms with E-state index < -0.39 is 48.5 Å². The van der Waals surface area contributed by atoms with Crippen molar-refractivity contribution in [2.75, 3.05) is 6.54 Å². The number of aliphatic hydroxyl groups excluding tert-OH is 1. The SMILES string of the molecule is CC(OC(=O)OC1CCCCC1)OC(=O)[C@H](O)CN(Cc1ccc(-c2cc(Cl)ccc2F)cc1)NC(=O)c1nn(-c2ccccc2)c(=O)[nH]1. The van der Waals surface area contributed by atoms with Crippen LogP contribution in [0.25, 0.3) is 16.8 Å². The van der Waals surface area contributed by atoms with Crippen LogP contribution in [0, 0.1) is 5.82 Å². The average Bonchev–Trinajstić information content (AvgIpc) is 3.48. The first-order chi connectivity index (χ1) is 23.5. The molecule has 1 heterocycles. The van der Waals surface area contributed by atoms with Crippen LogP contribution in [0.3, 0.4) is 0 Å². The Morgan fingerprint density at radius 3 is 2.49 bits per heavy atom. The number of nitrogens with zero attached hydrogens (tertiary/aromatic N) is 3. The van der Waals surface area contributed by atoms with Gasteiger partial charge in [0.15, 0.2) is 6.10 Å². The predicted molar refractivity (Wildman–Crippen MR) is 175 cm³/mol. The van der Waals surface area contributed by atoms with Gasteiger partial charge in [0, 0.05) is 24.1 Å². The van der Waals surface area contributed by atoms with Crippen molar-refractivity contribution in [1.82, 2.24) is 25.2 Å². The number of hydrazine groups is 1. The number of esters is 1. The summed E-state index contributed by atoms with van der Waals surface area (Å²) in [5, 5.41) is 16.4. The van der Waals surface area contributed by atoms with Crippen LogP contribution in [0.5, 0.6) is 0 Å². The highest BCUT2D eigenvalue weighted by atomic mass is 35.5. The summed E-state index contributed by atoms with van der Waals surface area (Å²) in [5.41, 5.74) is 3.74. The largest absolute Gasteiger partial charge is 0.511 e. The maximum absolute atomic E-state index is 14.4. The number of rotatable bonds is 12. The number of H-pyrrole nitrogens is 1. The number of benzene rings is 3. The lowest BCUT2D eigenvalue weighted by Crippen LogP contribution is -2.48. The van der Waals surface area contributed by atoms with Gasteiger partial charge in [0.1, 0.15) is 11.9 Å². The second-order valence-corrected chi connectivity index (χ2v) is 11.9. The van der Waals surface area contributed by atoms with E-state index in [2.05, 4.69) is 15.5 Å². The number of carbonyl (C=O) groups excluding carboxylic acids is 3. The van der Waals surface area contributed by atoms with E-state index in [1.807, 2.05) is 0 Å². The van der Waals surface area contributed by atoms with Crippen LogP contribution >= 0.6 is 11.6 Å². The fourth-order valence-corrected chi connectivity index (χ4v) is 5.45. The maximum atomic E-state index is 14.4. The van der Waals surface area contributed by atoms with Gasteiger partial charge in [-0.25, -0.2) is 23.8 Å². The van der Waals surface area contributed by atoms with Crippen LogP contribution in [-0.2, 0) is 25.5 Å². The number of aromatic amines is 1. The van der Waals surface area contributed by atoms with Crippen LogP contribution in [0.2, 0.25) is 5.02 Å². The second kappa shape index (κ2) is 16.4. The molecule has 1 amide bonds. The summed E-state index contributed by atoms with van der Waals surface area (Å²) in [7, 11) is 0. The Morgan fingerprint density at radius 2 is 1.78 bits per heavy atom. The maximum Gasteiger partial charge on any atom is 0.511 e. The lowest BCUT2D eigenvalue weighted by Gasteiger charge is -2.25. The molecule has 0 saturated heterocycles. The Labute approximate surface area is 285 Å². The third-order valence-corrected chi connectivity index (χ3v) is 7.92. The van der Waals surface area contributed by atoms with Crippen molar-refractivity contribution >= 4 is 29.6 Å². The van der Waals surface area contributed by atoms with Crippen LogP contribution < -0.4 is 11.1 Å². The molecule has 1 aromatic heterocycles. The molecule has 3 aromatic carbocycles. The molecule has 1 unspecified atom stereocenters. The van der Waals surface area contributed by atoms with E-state index in [1.165, 1.54) is 30.1 Å². The highest BCUT2D eigenvalue weighted by Crippen LogP contribution is 2.26. The van der Waals surface area contributed by atoms with E-state index in [-0.39, 0.29) is 18.5 Å². The first-order valence-electron chi connectivity index (χ1n) is 15.7. The number of ether oxygens (including phenoxy) is 3. The van der Waals surface area contributed by atoms with Crippen molar-refractivity contribution in [2.24, 2.45) is 0 Å². The molecule has 13 nitrogen and oxygen atoms in total. The number of para-hydroxylation sites is 1. The molecule has 15 heteroatoms. The number of hydrogen-bond donors (Lipinski definition) is 3. The first kappa shape index (κ1) is 35.3. The number of nitrogens with one attached hydrogen (secondary N) is 2. The van der Waals surface area contributed by atoms with Gasteiger partial charge in [-0.15, -0.1) is 5.10 Å². The van der Waals surface area contributed by atoms with Gasteiger partial charge in [-0.3, -0.25) is 15.2 Å². The molecule has 0 bridgehead atoms. The molecule has 2 atom stereocenters. The first-order valence-corrected chi connectivity index (χ1v) is 16.0. The van der Waals surface area contributed by atoms with E-state index in [0.29, 0.717) is 27.4 Å². The number of hydrogen-bond acceptors (Lipinski definition) is 10. The standard InChI is InChI=1S/C34H35ClFN5O8/c1-21(48-34(46)49-26-10-6-3-7-11-26)47-32(44)29(42)20-40(19-22-12-14-23(15-13-22)27-18-24(35)16-17-28(27)36)39-31(43)30-37-33(45)41(38-30)25-8-4-2-5-9-25/h2,4-5,8-9,12-18,21,26,29,42H,3,6-7,10-11,19-20H2,1H3,(H,39,43)(H,37,38,45)/t21?,29-/m1/s1. The summed E-state index contributed by atoms with van der Waals surface area (Å²) < 4.78 is 30.9. The van der Waals surface area contributed by atoms with Crippen LogP contribution in [0.15, 0.2) is 77.6 Å².